The molecule has 1 unspecified atom stereocenters. The van der Waals surface area contributed by atoms with E-state index in [-0.39, 0.29) is 19.4 Å². The number of carbonyl (C=O) groups excluding carboxylic acids is 2. The molecule has 0 heterocycles. The molecule has 0 spiro atoms. The lowest BCUT2D eigenvalue weighted by Crippen LogP contribution is -2.34. The van der Waals surface area contributed by atoms with Gasteiger partial charge in [-0.15, -0.1) is 0 Å². The Bertz CT molecular complexity index is 1280. The van der Waals surface area contributed by atoms with Crippen LogP contribution < -0.4 is 5.73 Å². The van der Waals surface area contributed by atoms with E-state index < -0.39 is 51.1 Å². The Morgan fingerprint density at radius 1 is 0.516 bits per heavy atom. The van der Waals surface area contributed by atoms with Crippen LogP contribution >= 0.6 is 7.82 Å². The van der Waals surface area contributed by atoms with E-state index in [1.165, 1.54) is 96.3 Å². The Hall–Kier alpha value is -2.82. The summed E-state index contributed by atoms with van der Waals surface area (Å²) < 4.78 is 32.8. The number of aliphatic carboxylic acids is 1. The lowest BCUT2D eigenvalue weighted by Gasteiger charge is -2.20. The number of phosphoric acid groups is 1. The van der Waals surface area contributed by atoms with Gasteiger partial charge in [-0.05, 0) is 77.0 Å². The normalized spacial score (nSPS) is 14.1. The van der Waals surface area contributed by atoms with Crippen molar-refractivity contribution in [3.8, 4) is 0 Å². The van der Waals surface area contributed by atoms with Gasteiger partial charge < -0.3 is 25.2 Å². The predicted molar refractivity (Wildman–Crippen MR) is 254 cm³/mol. The largest absolute Gasteiger partial charge is 0.480 e. The number of hydrogen-bond acceptors (Lipinski definition) is 9. The SMILES string of the molecule is CC/C=C\C/C=C\C/C=C\C/C=C\CCCCCCC(=O)OC[C@H](COP(=O)(O)OC[C@H](N)C(=O)O)OC(=O)CCCCCCCCCCCCC/C=C\CCCCCCCC. The first-order chi connectivity index (χ1) is 30.1. The van der Waals surface area contributed by atoms with Gasteiger partial charge >= 0.3 is 25.7 Å². The number of carbonyl (C=O) groups is 3. The van der Waals surface area contributed by atoms with Crippen LogP contribution in [0.25, 0.3) is 0 Å². The Morgan fingerprint density at radius 3 is 1.37 bits per heavy atom. The molecular formula is C50H88NO10P. The molecule has 0 bridgehead atoms. The van der Waals surface area contributed by atoms with Crippen molar-refractivity contribution in [2.45, 2.75) is 219 Å². The Labute approximate surface area is 377 Å². The van der Waals surface area contributed by atoms with Crippen molar-refractivity contribution in [1.29, 1.82) is 0 Å². The minimum atomic E-state index is -4.73. The fourth-order valence-electron chi connectivity index (χ4n) is 6.46. The number of carboxylic acids is 1. The second kappa shape index (κ2) is 44.8. The molecule has 0 amide bonds. The van der Waals surface area contributed by atoms with Crippen molar-refractivity contribution in [3.63, 3.8) is 0 Å². The molecule has 0 saturated carbocycles. The number of hydrogen-bond donors (Lipinski definition) is 3. The summed E-state index contributed by atoms with van der Waals surface area (Å²) in [5.74, 6) is -2.41. The summed E-state index contributed by atoms with van der Waals surface area (Å²) in [7, 11) is -4.73. The number of unbranched alkanes of at least 4 members (excludes halogenated alkanes) is 21. The second-order valence-electron chi connectivity index (χ2n) is 16.2. The third-order valence-electron chi connectivity index (χ3n) is 10.2. The molecule has 0 aliphatic rings. The summed E-state index contributed by atoms with van der Waals surface area (Å²) in [5.41, 5.74) is 5.34. The summed E-state index contributed by atoms with van der Waals surface area (Å²) in [5, 5.41) is 8.91. The minimum Gasteiger partial charge on any atom is -0.480 e. The van der Waals surface area contributed by atoms with Gasteiger partial charge in [0.1, 0.15) is 12.6 Å². The van der Waals surface area contributed by atoms with Gasteiger partial charge in [0, 0.05) is 12.8 Å². The first-order valence-corrected chi connectivity index (χ1v) is 25.8. The van der Waals surface area contributed by atoms with Gasteiger partial charge in [0.2, 0.25) is 0 Å². The molecule has 0 aliphatic heterocycles. The molecule has 4 N–H and O–H groups in total. The Morgan fingerprint density at radius 2 is 0.903 bits per heavy atom. The zero-order valence-corrected chi connectivity index (χ0v) is 39.8. The molecule has 0 aliphatic carbocycles. The topological polar surface area (TPSA) is 172 Å². The average molecular weight is 894 g/mol. The van der Waals surface area contributed by atoms with E-state index in [1.54, 1.807) is 0 Å². The highest BCUT2D eigenvalue weighted by molar-refractivity contribution is 7.47. The molecule has 0 saturated heterocycles. The number of rotatable bonds is 45. The van der Waals surface area contributed by atoms with Crippen LogP contribution in [0.5, 0.6) is 0 Å². The maximum absolute atomic E-state index is 12.7. The highest BCUT2D eigenvalue weighted by Gasteiger charge is 2.28. The highest BCUT2D eigenvalue weighted by Crippen LogP contribution is 2.43. The van der Waals surface area contributed by atoms with Crippen molar-refractivity contribution in [1.82, 2.24) is 0 Å². The quantitative estimate of drug-likeness (QED) is 0.0230. The molecule has 0 aromatic rings. The Balaban J connectivity index is 4.31. The highest BCUT2D eigenvalue weighted by atomic mass is 31.2. The van der Waals surface area contributed by atoms with E-state index in [0.717, 1.165) is 70.6 Å². The van der Waals surface area contributed by atoms with Crippen molar-refractivity contribution in [2.75, 3.05) is 19.8 Å². The smallest absolute Gasteiger partial charge is 0.472 e. The minimum absolute atomic E-state index is 0.153. The maximum atomic E-state index is 12.7. The van der Waals surface area contributed by atoms with Crippen LogP contribution in [0.15, 0.2) is 60.8 Å². The molecule has 358 valence electrons. The molecule has 11 nitrogen and oxygen atoms in total. The zero-order chi connectivity index (χ0) is 45.6. The lowest BCUT2D eigenvalue weighted by atomic mass is 10.0. The lowest BCUT2D eigenvalue weighted by molar-refractivity contribution is -0.161. The van der Waals surface area contributed by atoms with E-state index in [9.17, 15) is 23.8 Å². The van der Waals surface area contributed by atoms with Crippen LogP contribution in [-0.2, 0) is 37.5 Å². The van der Waals surface area contributed by atoms with Crippen LogP contribution in [0.3, 0.4) is 0 Å². The molecule has 0 fully saturated rings. The zero-order valence-electron chi connectivity index (χ0n) is 38.9. The number of esters is 2. The molecule has 0 radical (unpaired) electrons. The molecular weight excluding hydrogens is 806 g/mol. The van der Waals surface area contributed by atoms with E-state index in [1.807, 2.05) is 0 Å². The number of carboxylic acid groups (broad SMARTS) is 1. The van der Waals surface area contributed by atoms with Gasteiger partial charge in [-0.1, -0.05) is 177 Å². The standard InChI is InChI=1S/C50H88NO10P/c1-3-5-7-9-11-13-15-17-19-21-22-23-24-26-28-30-32-34-36-38-40-42-49(53)61-46(44-59-62(56,57)60-45-47(51)50(54)55)43-58-48(52)41-39-37-35-33-31-29-27-25-20-18-16-14-12-10-8-6-4-2/h6,8,12,14,17-20,27,29,46-47H,3-5,7,9-11,13,15-16,21-26,28,30-45,51H2,1-2H3,(H,54,55)(H,56,57)/b8-6-,14-12-,19-17-,20-18-,29-27-/t46-,47+/m1/s1. The molecule has 0 aromatic carbocycles. The van der Waals surface area contributed by atoms with Gasteiger partial charge in [-0.25, -0.2) is 4.57 Å². The monoisotopic (exact) mass is 894 g/mol. The van der Waals surface area contributed by atoms with Gasteiger partial charge in [0.25, 0.3) is 0 Å². The van der Waals surface area contributed by atoms with E-state index in [0.29, 0.717) is 12.8 Å². The fraction of sp³-hybridized carbons (Fsp3) is 0.740. The average Bonchev–Trinajstić information content (AvgIpc) is 3.25. The third kappa shape index (κ3) is 43.8. The first kappa shape index (κ1) is 59.2. The molecule has 0 aromatic heterocycles. The van der Waals surface area contributed by atoms with Crippen LogP contribution in [0.1, 0.15) is 206 Å². The van der Waals surface area contributed by atoms with Gasteiger partial charge in [0.15, 0.2) is 6.10 Å². The van der Waals surface area contributed by atoms with Crippen LogP contribution in [0.2, 0.25) is 0 Å². The van der Waals surface area contributed by atoms with Crippen LogP contribution in [0.4, 0.5) is 0 Å². The van der Waals surface area contributed by atoms with Crippen LogP contribution in [0, 0.1) is 0 Å². The van der Waals surface area contributed by atoms with Crippen molar-refractivity contribution >= 4 is 25.7 Å². The van der Waals surface area contributed by atoms with Crippen molar-refractivity contribution < 1.29 is 47.5 Å². The number of nitrogens with two attached hydrogens (primary N) is 1. The third-order valence-corrected chi connectivity index (χ3v) is 11.2. The van der Waals surface area contributed by atoms with E-state index in [2.05, 4.69) is 79.1 Å². The number of ether oxygens (including phenoxy) is 2. The van der Waals surface area contributed by atoms with Crippen molar-refractivity contribution in [3.05, 3.63) is 60.8 Å². The van der Waals surface area contributed by atoms with Gasteiger partial charge in [-0.2, -0.15) is 0 Å². The fourth-order valence-corrected chi connectivity index (χ4v) is 7.24. The summed E-state index contributed by atoms with van der Waals surface area (Å²) >= 11 is 0. The molecule has 3 atom stereocenters. The molecule has 12 heteroatoms. The molecule has 0 rings (SSSR count). The van der Waals surface area contributed by atoms with E-state index in [4.69, 9.17) is 24.8 Å². The molecule has 62 heavy (non-hydrogen) atoms. The first-order valence-electron chi connectivity index (χ1n) is 24.3. The summed E-state index contributed by atoms with van der Waals surface area (Å²) in [6.45, 7) is 2.68. The van der Waals surface area contributed by atoms with Crippen LogP contribution in [-0.4, -0.2) is 59.9 Å². The number of allylic oxidation sites excluding steroid dienone is 10. The van der Waals surface area contributed by atoms with Gasteiger partial charge in [0.05, 0.1) is 13.2 Å². The summed E-state index contributed by atoms with van der Waals surface area (Å²) in [6, 6.07) is -1.53. The van der Waals surface area contributed by atoms with Gasteiger partial charge in [-0.3, -0.25) is 23.4 Å². The van der Waals surface area contributed by atoms with E-state index >= 15 is 0 Å². The Kier molecular flexibility index (Phi) is 42.7. The predicted octanol–water partition coefficient (Wildman–Crippen LogP) is 13.5. The second-order valence-corrected chi connectivity index (χ2v) is 17.7. The summed E-state index contributed by atoms with van der Waals surface area (Å²) in [6.07, 6.45) is 52.8. The number of phosphoric ester groups is 1. The maximum Gasteiger partial charge on any atom is 0.472 e. The van der Waals surface area contributed by atoms with Crippen molar-refractivity contribution in [2.24, 2.45) is 5.73 Å². The summed E-state index contributed by atoms with van der Waals surface area (Å²) in [4.78, 5) is 46.1.